The van der Waals surface area contributed by atoms with E-state index in [2.05, 4.69) is 14.7 Å². The fourth-order valence-corrected chi connectivity index (χ4v) is 1.82. The zero-order valence-electron chi connectivity index (χ0n) is 11.2. The Bertz CT molecular complexity index is 725. The van der Waals surface area contributed by atoms with Crippen molar-refractivity contribution in [3.8, 4) is 17.3 Å². The van der Waals surface area contributed by atoms with Gasteiger partial charge in [-0.25, -0.2) is 4.98 Å². The molecule has 2 aromatic rings. The minimum atomic E-state index is -4.54. The predicted molar refractivity (Wildman–Crippen MR) is 73.0 cm³/mol. The molecule has 0 atom stereocenters. The molecule has 1 N–H and O–H groups in total. The van der Waals surface area contributed by atoms with Crippen molar-refractivity contribution in [2.24, 2.45) is 0 Å². The number of aromatic nitrogens is 2. The molecule has 23 heavy (non-hydrogen) atoms. The topological polar surface area (TPSA) is 87.2 Å². The summed E-state index contributed by atoms with van der Waals surface area (Å²) in [5, 5.41) is 12.5. The van der Waals surface area contributed by atoms with Gasteiger partial charge in [0.2, 0.25) is 5.88 Å². The number of benzene rings is 1. The average Bonchev–Trinajstić information content (AvgIpc) is 2.44. The third-order valence-corrected chi connectivity index (χ3v) is 2.65. The van der Waals surface area contributed by atoms with Crippen molar-refractivity contribution in [2.45, 2.75) is 6.18 Å². The van der Waals surface area contributed by atoms with Crippen molar-refractivity contribution in [3.63, 3.8) is 0 Å². The maximum atomic E-state index is 12.2. The van der Waals surface area contributed by atoms with E-state index in [1.165, 1.54) is 12.1 Å². The van der Waals surface area contributed by atoms with Crippen LogP contribution in [0.2, 0.25) is 5.15 Å². The van der Waals surface area contributed by atoms with E-state index in [1.807, 2.05) is 5.32 Å². The molecule has 1 aromatic carbocycles. The molecular weight excluding hydrogens is 339 g/mol. The number of alkyl halides is 3. The summed E-state index contributed by atoms with van der Waals surface area (Å²) in [6, 6.07) is 7.00. The van der Waals surface area contributed by atoms with Gasteiger partial charge in [0.25, 0.3) is 0 Å². The minimum absolute atomic E-state index is 0.0940. The first-order valence-corrected chi connectivity index (χ1v) is 6.44. The molecule has 2 rings (SSSR count). The van der Waals surface area contributed by atoms with E-state index in [1.54, 1.807) is 12.1 Å². The highest BCUT2D eigenvalue weighted by Crippen LogP contribution is 2.28. The maximum absolute atomic E-state index is 12.2. The number of carboxylic acid groups (broad SMARTS) is 1. The van der Waals surface area contributed by atoms with E-state index in [0.29, 0.717) is 0 Å². The van der Waals surface area contributed by atoms with E-state index in [4.69, 9.17) is 11.6 Å². The van der Waals surface area contributed by atoms with Gasteiger partial charge in [-0.1, -0.05) is 23.7 Å². The molecule has 1 heterocycles. The molecule has 1 aromatic heterocycles. The molecule has 0 aliphatic carbocycles. The van der Waals surface area contributed by atoms with Crippen LogP contribution < -0.4 is 15.2 Å². The zero-order valence-corrected chi connectivity index (χ0v) is 12.0. The molecule has 0 radical (unpaired) electrons. The summed E-state index contributed by atoms with van der Waals surface area (Å²) in [5.74, 6) is -0.486. The molecule has 6 nitrogen and oxygen atoms in total. The molecule has 122 valence electrons. The smallest absolute Gasteiger partial charge is 0.422 e. The minimum Gasteiger partial charge on any atom is -0.530 e. The van der Waals surface area contributed by atoms with Gasteiger partial charge in [-0.3, -0.25) is 0 Å². The molecule has 0 fully saturated rings. The Morgan fingerprint density at radius 1 is 1.30 bits per heavy atom. The molecule has 0 saturated heterocycles. The van der Waals surface area contributed by atoms with Crippen LogP contribution in [-0.4, -0.2) is 28.8 Å². The Labute approximate surface area is 132 Å². The number of nitrogens with one attached hydrogen (secondary N) is 1. The van der Waals surface area contributed by atoms with Gasteiger partial charge in [-0.2, -0.15) is 18.2 Å². The second kappa shape index (κ2) is 6.69. The monoisotopic (exact) mass is 346 g/mol. The third kappa shape index (κ3) is 4.99. The van der Waals surface area contributed by atoms with E-state index in [9.17, 15) is 23.1 Å². The summed E-state index contributed by atoms with van der Waals surface area (Å²) in [6.07, 6.45) is -6.10. The number of para-hydroxylation sites is 1. The largest absolute Gasteiger partial charge is 0.530 e. The average molecular weight is 347 g/mol. The van der Waals surface area contributed by atoms with Crippen LogP contribution in [-0.2, 0) is 0 Å². The lowest BCUT2D eigenvalue weighted by Crippen LogP contribution is -2.29. The Kier molecular flexibility index (Phi) is 4.89. The standard InChI is InChI=1S/C13H9ClF3N3O3/c14-9-5-10(23-6-13(15,16)17)20-11(19-9)7-3-1-2-4-8(7)18-12(21)22/h1-5,18H,6H2,(H,21,22)/p-1. The molecule has 0 saturated carbocycles. The molecule has 0 unspecified atom stereocenters. The van der Waals surface area contributed by atoms with Crippen LogP contribution >= 0.6 is 11.6 Å². The second-order valence-corrected chi connectivity index (χ2v) is 4.60. The van der Waals surface area contributed by atoms with Crippen molar-refractivity contribution in [2.75, 3.05) is 11.9 Å². The number of amides is 1. The Morgan fingerprint density at radius 3 is 2.65 bits per heavy atom. The fourth-order valence-electron chi connectivity index (χ4n) is 1.64. The lowest BCUT2D eigenvalue weighted by molar-refractivity contribution is -0.242. The van der Waals surface area contributed by atoms with Crippen molar-refractivity contribution in [1.29, 1.82) is 0 Å². The van der Waals surface area contributed by atoms with Crippen molar-refractivity contribution >= 4 is 23.4 Å². The van der Waals surface area contributed by atoms with E-state index in [-0.39, 0.29) is 28.1 Å². The first-order valence-electron chi connectivity index (χ1n) is 6.06. The molecule has 1 amide bonds. The van der Waals surface area contributed by atoms with Crippen LogP contribution in [0, 0.1) is 0 Å². The molecule has 10 heteroatoms. The van der Waals surface area contributed by atoms with Crippen LogP contribution in [0.4, 0.5) is 23.7 Å². The summed E-state index contributed by atoms with van der Waals surface area (Å²) in [5.41, 5.74) is 0.299. The molecule has 0 spiro atoms. The van der Waals surface area contributed by atoms with Gasteiger partial charge < -0.3 is 20.0 Å². The number of halogens is 4. The van der Waals surface area contributed by atoms with Crippen LogP contribution in [0.5, 0.6) is 5.88 Å². The number of carbonyl (C=O) groups is 1. The maximum Gasteiger partial charge on any atom is 0.422 e. The SMILES string of the molecule is O=C([O-])Nc1ccccc1-c1nc(Cl)cc(OCC(F)(F)F)n1. The van der Waals surface area contributed by atoms with E-state index < -0.39 is 18.9 Å². The summed E-state index contributed by atoms with van der Waals surface area (Å²) in [7, 11) is 0. The number of anilines is 1. The van der Waals surface area contributed by atoms with E-state index in [0.717, 1.165) is 6.07 Å². The molecule has 0 bridgehead atoms. The van der Waals surface area contributed by atoms with Gasteiger partial charge in [-0.05, 0) is 12.1 Å². The molecule has 0 aliphatic rings. The molecular formula is C13H8ClF3N3O3-. The van der Waals surface area contributed by atoms with Gasteiger partial charge in [0.15, 0.2) is 12.4 Å². The van der Waals surface area contributed by atoms with Crippen molar-refractivity contribution in [3.05, 3.63) is 35.5 Å². The Balaban J connectivity index is 2.37. The molecule has 0 aliphatic heterocycles. The van der Waals surface area contributed by atoms with Gasteiger partial charge in [0, 0.05) is 11.6 Å². The quantitative estimate of drug-likeness (QED) is 0.859. The van der Waals surface area contributed by atoms with Gasteiger partial charge in [-0.15, -0.1) is 0 Å². The summed E-state index contributed by atoms with van der Waals surface area (Å²) in [4.78, 5) is 18.3. The van der Waals surface area contributed by atoms with Crippen molar-refractivity contribution in [1.82, 2.24) is 9.97 Å². The van der Waals surface area contributed by atoms with Crippen LogP contribution in [0.1, 0.15) is 0 Å². The Morgan fingerprint density at radius 2 is 2.00 bits per heavy atom. The lowest BCUT2D eigenvalue weighted by atomic mass is 10.1. The Hall–Kier alpha value is -2.55. The summed E-state index contributed by atoms with van der Waals surface area (Å²) < 4.78 is 41.1. The van der Waals surface area contributed by atoms with Crippen LogP contribution in [0.15, 0.2) is 30.3 Å². The highest BCUT2D eigenvalue weighted by Gasteiger charge is 2.29. The number of ether oxygens (including phenoxy) is 1. The highest BCUT2D eigenvalue weighted by atomic mass is 35.5. The van der Waals surface area contributed by atoms with E-state index >= 15 is 0 Å². The zero-order chi connectivity index (χ0) is 17.0. The number of nitrogens with zero attached hydrogens (tertiary/aromatic N) is 2. The number of hydrogen-bond donors (Lipinski definition) is 1. The number of rotatable bonds is 4. The third-order valence-electron chi connectivity index (χ3n) is 2.46. The number of hydrogen-bond acceptors (Lipinski definition) is 5. The normalized spacial score (nSPS) is 11.1. The first kappa shape index (κ1) is 16.8. The van der Waals surface area contributed by atoms with Crippen molar-refractivity contribution < 1.29 is 27.8 Å². The lowest BCUT2D eigenvalue weighted by Gasteiger charge is -2.13. The first-order chi connectivity index (χ1) is 10.7. The highest BCUT2D eigenvalue weighted by molar-refractivity contribution is 6.29. The summed E-state index contributed by atoms with van der Waals surface area (Å²) in [6.45, 7) is -1.54. The van der Waals surface area contributed by atoms with Crippen LogP contribution in [0.25, 0.3) is 11.4 Å². The van der Waals surface area contributed by atoms with Gasteiger partial charge in [0.05, 0.1) is 5.69 Å². The second-order valence-electron chi connectivity index (χ2n) is 4.21. The van der Waals surface area contributed by atoms with Crippen LogP contribution in [0.3, 0.4) is 0 Å². The van der Waals surface area contributed by atoms with Gasteiger partial charge >= 0.3 is 6.18 Å². The summed E-state index contributed by atoms with van der Waals surface area (Å²) >= 11 is 5.75. The number of carbonyl (C=O) groups excluding carboxylic acids is 1. The predicted octanol–water partition coefficient (Wildman–Crippen LogP) is 2.49. The van der Waals surface area contributed by atoms with Gasteiger partial charge in [0.1, 0.15) is 11.2 Å². The fraction of sp³-hybridized carbons (Fsp3) is 0.154.